The van der Waals surface area contributed by atoms with Gasteiger partial charge in [0.05, 0.1) is 22.8 Å². The monoisotopic (exact) mass is 731 g/mol. The van der Waals surface area contributed by atoms with E-state index in [1.807, 2.05) is 60.7 Å². The smallest absolute Gasteiger partial charge is 0.419 e. The number of benzene rings is 4. The lowest BCUT2D eigenvalue weighted by Crippen LogP contribution is -2.44. The third kappa shape index (κ3) is 7.96. The van der Waals surface area contributed by atoms with Crippen molar-refractivity contribution >= 4 is 33.8 Å². The maximum Gasteiger partial charge on any atom is 0.419 e. The topological polar surface area (TPSA) is 187 Å². The number of anilines is 1. The fraction of sp³-hybridized carbons (Fsp3) is 0.310. The van der Waals surface area contributed by atoms with Crippen LogP contribution in [0.1, 0.15) is 61.3 Å². The Morgan fingerprint density at radius 1 is 0.944 bits per heavy atom. The fourth-order valence-electron chi connectivity index (χ4n) is 7.66. The van der Waals surface area contributed by atoms with Crippen LogP contribution in [0.15, 0.2) is 105 Å². The molecule has 54 heavy (non-hydrogen) atoms. The lowest BCUT2D eigenvalue weighted by molar-refractivity contribution is 0.176. The number of hydrogen-bond acceptors (Lipinski definition) is 8. The third-order valence-corrected chi connectivity index (χ3v) is 10.5. The van der Waals surface area contributed by atoms with Gasteiger partial charge in [-0.3, -0.25) is 14.3 Å². The quantitative estimate of drug-likeness (QED) is 0.0730. The first-order valence-electron chi connectivity index (χ1n) is 18.5. The van der Waals surface area contributed by atoms with Crippen LogP contribution in [-0.4, -0.2) is 49.6 Å². The zero-order valence-electron chi connectivity index (χ0n) is 29.9. The normalized spacial score (nSPS) is 16.5. The largest absolute Gasteiger partial charge is 0.506 e. The second-order valence-corrected chi connectivity index (χ2v) is 14.1. The Morgan fingerprint density at radius 3 is 2.50 bits per heavy atom. The van der Waals surface area contributed by atoms with Gasteiger partial charge >= 0.3 is 11.8 Å². The number of H-pyrrole nitrogens is 1. The van der Waals surface area contributed by atoms with E-state index in [0.29, 0.717) is 40.8 Å². The van der Waals surface area contributed by atoms with Crippen LogP contribution in [0, 0.1) is 0 Å². The number of nitrogens with one attached hydrogen (secondary N) is 2. The number of oxazole rings is 1. The molecule has 12 heteroatoms. The van der Waals surface area contributed by atoms with Crippen LogP contribution < -0.4 is 27.3 Å². The molecule has 0 bridgehead atoms. The average molecular weight is 732 g/mol. The molecule has 1 atom stereocenters. The number of phenolic OH excluding ortho intramolecular Hbond substituents is 1. The summed E-state index contributed by atoms with van der Waals surface area (Å²) in [7, 11) is 0. The Hall–Kier alpha value is -5.69. The summed E-state index contributed by atoms with van der Waals surface area (Å²) in [4.78, 5) is 41.4. The van der Waals surface area contributed by atoms with Crippen LogP contribution in [0.25, 0.3) is 33.1 Å². The van der Waals surface area contributed by atoms with Crippen molar-refractivity contribution < 1.29 is 24.5 Å². The molecule has 1 aliphatic rings. The number of aliphatic hydroxyl groups excluding tert-OH is 1. The number of aromatic amines is 1. The number of nitrogens with two attached hydrogens (primary N) is 1. The number of amides is 1. The maximum absolute atomic E-state index is 12.9. The van der Waals surface area contributed by atoms with Crippen LogP contribution in [0.5, 0.6) is 5.75 Å². The summed E-state index contributed by atoms with van der Waals surface area (Å²) >= 11 is 0. The molecule has 1 saturated carbocycles. The van der Waals surface area contributed by atoms with Gasteiger partial charge in [-0.25, -0.2) is 9.59 Å². The molecule has 12 nitrogen and oxygen atoms in total. The first-order valence-corrected chi connectivity index (χ1v) is 18.5. The van der Waals surface area contributed by atoms with E-state index in [1.54, 1.807) is 16.7 Å². The number of carboxylic acid groups (broad SMARTS) is 1. The molecule has 2 heterocycles. The van der Waals surface area contributed by atoms with Gasteiger partial charge in [0.15, 0.2) is 5.58 Å². The Bertz CT molecular complexity index is 2380. The van der Waals surface area contributed by atoms with E-state index >= 15 is 0 Å². The number of aromatic hydroxyl groups is 1. The highest BCUT2D eigenvalue weighted by atomic mass is 16.4. The molecule has 2 aromatic heterocycles. The minimum Gasteiger partial charge on any atom is -0.506 e. The van der Waals surface area contributed by atoms with Gasteiger partial charge < -0.3 is 35.8 Å². The standard InChI is InChI=1S/C42H45N5O7/c43-29-11-13-30(14-12-29)47(41(51)52)34-17-9-26(22-33(34)28-7-2-1-3-8-28)6-4-5-21-46-35-18-10-27(23-38(35)54-42(46)53)24-44-25-37(49)31-15-19-36(48)40-32(31)16-20-39(50)45-40/h1-3,7-10,15-20,22-23,29-30,37,44,48-49H,4-6,11-14,21,24-25,43H2,(H,45,50)(H,51,52)/t29?,30?,37-/m0/s1. The molecule has 1 amide bonds. The predicted molar refractivity (Wildman–Crippen MR) is 209 cm³/mol. The van der Waals surface area contributed by atoms with Gasteiger partial charge in [-0.2, -0.15) is 0 Å². The number of aromatic nitrogens is 2. The molecule has 0 saturated heterocycles. The van der Waals surface area contributed by atoms with Gasteiger partial charge in [0, 0.05) is 48.7 Å². The van der Waals surface area contributed by atoms with Crippen LogP contribution in [0.3, 0.4) is 0 Å². The first-order chi connectivity index (χ1) is 26.2. The number of aryl methyl sites for hydroxylation is 2. The highest BCUT2D eigenvalue weighted by molar-refractivity contribution is 5.93. The summed E-state index contributed by atoms with van der Waals surface area (Å²) < 4.78 is 7.26. The molecule has 7 N–H and O–H groups in total. The van der Waals surface area contributed by atoms with E-state index in [4.69, 9.17) is 10.2 Å². The van der Waals surface area contributed by atoms with Crippen LogP contribution >= 0.6 is 0 Å². The molecular formula is C42H45N5O7. The number of carbonyl (C=O) groups is 1. The van der Waals surface area contributed by atoms with Gasteiger partial charge in [-0.05, 0) is 104 Å². The van der Waals surface area contributed by atoms with Crippen molar-refractivity contribution in [2.24, 2.45) is 5.73 Å². The SMILES string of the molecule is NC1CCC(N(C(=O)O)c2ccc(CCCCn3c(=O)oc4cc(CNC[C@H](O)c5ccc(O)c6[nH]c(=O)ccc56)ccc43)cc2-c2ccccc2)CC1. The molecule has 280 valence electrons. The van der Waals surface area contributed by atoms with E-state index in [0.717, 1.165) is 67.2 Å². The number of rotatable bonds is 13. The lowest BCUT2D eigenvalue weighted by atomic mass is 9.89. The summed E-state index contributed by atoms with van der Waals surface area (Å²) in [6.07, 6.45) is 3.53. The van der Waals surface area contributed by atoms with E-state index in [-0.39, 0.29) is 35.5 Å². The van der Waals surface area contributed by atoms with Crippen LogP contribution in [0.4, 0.5) is 10.5 Å². The van der Waals surface area contributed by atoms with Gasteiger partial charge in [0.25, 0.3) is 0 Å². The number of unbranched alkanes of at least 4 members (excludes halogenated alkanes) is 1. The molecule has 6 aromatic rings. The molecule has 0 aliphatic heterocycles. The number of aliphatic hydroxyl groups is 1. The minimum absolute atomic E-state index is 0.0668. The van der Waals surface area contributed by atoms with Crippen molar-refractivity contribution in [3.05, 3.63) is 129 Å². The molecule has 0 spiro atoms. The maximum atomic E-state index is 12.9. The van der Waals surface area contributed by atoms with Crippen molar-refractivity contribution in [3.8, 4) is 16.9 Å². The number of phenols is 1. The van der Waals surface area contributed by atoms with E-state index < -0.39 is 18.0 Å². The highest BCUT2D eigenvalue weighted by Gasteiger charge is 2.30. The first kappa shape index (κ1) is 36.7. The van der Waals surface area contributed by atoms with Crippen LogP contribution in [-0.2, 0) is 19.5 Å². The van der Waals surface area contributed by atoms with Gasteiger partial charge in [-0.1, -0.05) is 48.5 Å². The third-order valence-electron chi connectivity index (χ3n) is 10.5. The number of pyridine rings is 1. The number of fused-ring (bicyclic) bond motifs is 2. The van der Waals surface area contributed by atoms with Crippen LogP contribution in [0.2, 0.25) is 0 Å². The van der Waals surface area contributed by atoms with Gasteiger partial charge in [0.2, 0.25) is 5.56 Å². The lowest BCUT2D eigenvalue weighted by Gasteiger charge is -2.35. The summed E-state index contributed by atoms with van der Waals surface area (Å²) in [6, 6.07) is 27.5. The van der Waals surface area contributed by atoms with Crippen molar-refractivity contribution in [1.29, 1.82) is 0 Å². The van der Waals surface area contributed by atoms with E-state index in [2.05, 4.69) is 16.4 Å². The van der Waals surface area contributed by atoms with Crippen molar-refractivity contribution in [2.45, 2.75) is 76.2 Å². The molecule has 7 rings (SSSR count). The second kappa shape index (κ2) is 16.1. The summed E-state index contributed by atoms with van der Waals surface area (Å²) in [5, 5.41) is 35.2. The zero-order valence-corrected chi connectivity index (χ0v) is 29.9. The Balaban J connectivity index is 0.980. The Kier molecular flexibility index (Phi) is 11.0. The Morgan fingerprint density at radius 2 is 1.72 bits per heavy atom. The van der Waals surface area contributed by atoms with Crippen molar-refractivity contribution in [1.82, 2.24) is 14.9 Å². The molecule has 0 unspecified atom stereocenters. The molecule has 0 radical (unpaired) electrons. The molecule has 1 fully saturated rings. The fourth-order valence-corrected chi connectivity index (χ4v) is 7.66. The summed E-state index contributed by atoms with van der Waals surface area (Å²) in [5.74, 6) is -0.487. The summed E-state index contributed by atoms with van der Waals surface area (Å²) in [6.45, 7) is 1.12. The molecule has 4 aromatic carbocycles. The summed E-state index contributed by atoms with van der Waals surface area (Å²) in [5.41, 5.74) is 12.3. The van der Waals surface area contributed by atoms with Gasteiger partial charge in [0.1, 0.15) is 5.75 Å². The molecular weight excluding hydrogens is 686 g/mol. The Labute approximate surface area is 311 Å². The highest BCUT2D eigenvalue weighted by Crippen LogP contribution is 2.36. The number of nitrogens with zero attached hydrogens (tertiary/aromatic N) is 2. The average Bonchev–Trinajstić information content (AvgIpc) is 3.48. The van der Waals surface area contributed by atoms with Crippen molar-refractivity contribution in [3.63, 3.8) is 0 Å². The predicted octanol–water partition coefficient (Wildman–Crippen LogP) is 6.41. The van der Waals surface area contributed by atoms with E-state index in [1.165, 1.54) is 17.0 Å². The minimum atomic E-state index is -0.958. The number of hydrogen-bond donors (Lipinski definition) is 6. The molecule has 1 aliphatic carbocycles. The zero-order chi connectivity index (χ0) is 37.8. The second-order valence-electron chi connectivity index (χ2n) is 14.1. The van der Waals surface area contributed by atoms with Crippen molar-refractivity contribution in [2.75, 3.05) is 11.4 Å². The van der Waals surface area contributed by atoms with E-state index in [9.17, 15) is 29.7 Å². The van der Waals surface area contributed by atoms with Gasteiger partial charge in [-0.15, -0.1) is 0 Å².